The Hall–Kier alpha value is -3.60. The monoisotopic (exact) mass is 355 g/mol. The van der Waals surface area contributed by atoms with Crippen LogP contribution in [-0.2, 0) is 9.59 Å². The minimum absolute atomic E-state index is 0.310. The van der Waals surface area contributed by atoms with Gasteiger partial charge in [0, 0.05) is 40.2 Å². The molecule has 1 radical (unpaired) electrons. The number of nitrogens with one attached hydrogen (secondary N) is 1. The molecule has 0 aliphatic carbocycles. The van der Waals surface area contributed by atoms with Crippen LogP contribution in [0.2, 0.25) is 0 Å². The van der Waals surface area contributed by atoms with Gasteiger partial charge in [-0.1, -0.05) is 24.3 Å². The fourth-order valence-electron chi connectivity index (χ4n) is 3.84. The van der Waals surface area contributed by atoms with Gasteiger partial charge in [0.05, 0.1) is 17.4 Å². The van der Waals surface area contributed by atoms with Crippen LogP contribution in [0.4, 0.5) is 0 Å². The zero-order valence-electron chi connectivity index (χ0n) is 14.8. The number of rotatable bonds is 2. The molecule has 2 aromatic carbocycles. The molecule has 0 saturated carbocycles. The van der Waals surface area contributed by atoms with Gasteiger partial charge in [-0.05, 0) is 31.2 Å². The number of nitrogens with zero attached hydrogens (tertiary/aromatic N) is 1. The Morgan fingerprint density at radius 3 is 2.67 bits per heavy atom. The number of likely N-dealkylation sites (N-methyl/N-ethyl adjacent to an activating group) is 1. The lowest BCUT2D eigenvalue weighted by Crippen LogP contribution is -2.26. The van der Waals surface area contributed by atoms with Crippen molar-refractivity contribution < 1.29 is 14.0 Å². The van der Waals surface area contributed by atoms with Gasteiger partial charge in [-0.3, -0.25) is 14.5 Å². The van der Waals surface area contributed by atoms with Crippen LogP contribution in [0.3, 0.4) is 0 Å². The van der Waals surface area contributed by atoms with Crippen molar-refractivity contribution in [1.82, 2.24) is 9.88 Å². The summed E-state index contributed by atoms with van der Waals surface area (Å²) in [6.45, 7) is 1.91. The molecule has 0 saturated heterocycles. The molecule has 0 atom stereocenters. The number of amides is 2. The average Bonchev–Trinajstić information content (AvgIpc) is 3.33. The summed E-state index contributed by atoms with van der Waals surface area (Å²) in [4.78, 5) is 30.6. The van der Waals surface area contributed by atoms with Crippen LogP contribution in [0.5, 0.6) is 0 Å². The number of aromatic nitrogens is 1. The van der Waals surface area contributed by atoms with Crippen molar-refractivity contribution in [2.24, 2.45) is 0 Å². The Morgan fingerprint density at radius 1 is 1.04 bits per heavy atom. The number of fused-ring (bicyclic) bond motifs is 2. The number of benzene rings is 2. The normalized spacial score (nSPS) is 15.0. The molecule has 2 amide bonds. The molecule has 2 aromatic heterocycles. The van der Waals surface area contributed by atoms with E-state index in [1.807, 2.05) is 31.2 Å². The minimum Gasteiger partial charge on any atom is -0.464 e. The van der Waals surface area contributed by atoms with E-state index in [1.54, 1.807) is 24.5 Å². The van der Waals surface area contributed by atoms with Crippen molar-refractivity contribution in [2.45, 2.75) is 6.92 Å². The molecule has 1 N–H and O–H groups in total. The number of aromatic amines is 1. The van der Waals surface area contributed by atoms with Crippen LogP contribution in [0.1, 0.15) is 16.8 Å². The van der Waals surface area contributed by atoms with Crippen LogP contribution in [0.25, 0.3) is 33.0 Å². The molecule has 0 spiro atoms. The van der Waals surface area contributed by atoms with Gasteiger partial charge in [0.15, 0.2) is 0 Å². The summed E-state index contributed by atoms with van der Waals surface area (Å²) < 4.78 is 5.61. The number of carbonyl (C=O) groups excluding carboxylic acids is 2. The zero-order chi connectivity index (χ0) is 18.7. The second-order valence-corrected chi connectivity index (χ2v) is 6.64. The van der Waals surface area contributed by atoms with Gasteiger partial charge < -0.3 is 9.40 Å². The van der Waals surface area contributed by atoms with Crippen LogP contribution in [0, 0.1) is 13.0 Å². The fourth-order valence-corrected chi connectivity index (χ4v) is 3.84. The van der Waals surface area contributed by atoms with Crippen LogP contribution in [-0.4, -0.2) is 28.7 Å². The summed E-state index contributed by atoms with van der Waals surface area (Å²) >= 11 is 0. The summed E-state index contributed by atoms with van der Waals surface area (Å²) in [5, 5.41) is 1.68. The molecule has 5 heteroatoms. The maximum Gasteiger partial charge on any atom is 0.262 e. The van der Waals surface area contributed by atoms with Crippen molar-refractivity contribution >= 4 is 44.8 Å². The van der Waals surface area contributed by atoms with Crippen molar-refractivity contribution in [3.05, 3.63) is 71.6 Å². The number of hydrogen-bond acceptors (Lipinski definition) is 3. The Kier molecular flexibility index (Phi) is 3.15. The van der Waals surface area contributed by atoms with E-state index in [1.165, 1.54) is 7.05 Å². The molecular weight excluding hydrogens is 340 g/mol. The van der Waals surface area contributed by atoms with Gasteiger partial charge in [0.2, 0.25) is 0 Å². The fraction of sp³-hybridized carbons (Fsp3) is 0.0909. The van der Waals surface area contributed by atoms with Crippen LogP contribution < -0.4 is 0 Å². The van der Waals surface area contributed by atoms with Gasteiger partial charge in [0.25, 0.3) is 11.8 Å². The molecule has 27 heavy (non-hydrogen) atoms. The van der Waals surface area contributed by atoms with E-state index in [0.717, 1.165) is 32.4 Å². The predicted octanol–water partition coefficient (Wildman–Crippen LogP) is 3.93. The maximum atomic E-state index is 13.1. The first kappa shape index (κ1) is 15.6. The molecule has 0 bridgehead atoms. The number of furan rings is 1. The van der Waals surface area contributed by atoms with E-state index in [-0.39, 0.29) is 11.8 Å². The lowest BCUT2D eigenvalue weighted by molar-refractivity contribution is -0.134. The van der Waals surface area contributed by atoms with Gasteiger partial charge in [-0.15, -0.1) is 0 Å². The molecule has 5 rings (SSSR count). The molecule has 5 nitrogen and oxygen atoms in total. The number of hydrogen-bond donors (Lipinski definition) is 1. The van der Waals surface area contributed by atoms with Crippen molar-refractivity contribution in [3.8, 4) is 0 Å². The van der Waals surface area contributed by atoms with Crippen molar-refractivity contribution in [1.29, 1.82) is 0 Å². The standard InChI is InChI=1S/C22H15N2O3/c1-12-17(14-7-3-4-9-16(14)23-12)19-18(21(25)24(2)22(19)26)15-8-5-6-13-10-11-27-20(13)15/h3-5,7-11,23H,1-2H3. The SMILES string of the molecule is Cc1[nH]c2ccccc2c1C1=C(c2cc[c]c3ccoc23)C(=O)N(C)C1=O. The van der Waals surface area contributed by atoms with E-state index in [4.69, 9.17) is 4.42 Å². The summed E-state index contributed by atoms with van der Waals surface area (Å²) in [5.74, 6) is -0.640. The van der Waals surface area contributed by atoms with Gasteiger partial charge in [0.1, 0.15) is 5.58 Å². The highest BCUT2D eigenvalue weighted by Gasteiger charge is 2.39. The first-order chi connectivity index (χ1) is 13.1. The van der Waals surface area contributed by atoms with E-state index >= 15 is 0 Å². The molecule has 0 fully saturated rings. The number of carbonyl (C=O) groups is 2. The Morgan fingerprint density at radius 2 is 1.81 bits per heavy atom. The molecule has 131 valence electrons. The van der Waals surface area contributed by atoms with Gasteiger partial charge in [-0.2, -0.15) is 0 Å². The zero-order valence-corrected chi connectivity index (χ0v) is 14.8. The second-order valence-electron chi connectivity index (χ2n) is 6.64. The Balaban J connectivity index is 1.91. The summed E-state index contributed by atoms with van der Waals surface area (Å²) in [6, 6.07) is 16.2. The third kappa shape index (κ3) is 2.05. The lowest BCUT2D eigenvalue weighted by Gasteiger charge is -2.06. The van der Waals surface area contributed by atoms with Gasteiger partial charge in [-0.25, -0.2) is 0 Å². The molecular formula is C22H15N2O3. The first-order valence-electron chi connectivity index (χ1n) is 8.60. The van der Waals surface area contributed by atoms with E-state index in [0.29, 0.717) is 22.3 Å². The maximum absolute atomic E-state index is 13.1. The Bertz CT molecular complexity index is 1290. The molecule has 4 aromatic rings. The summed E-state index contributed by atoms with van der Waals surface area (Å²) in [6.07, 6.45) is 1.56. The quantitative estimate of drug-likeness (QED) is 0.554. The van der Waals surface area contributed by atoms with E-state index < -0.39 is 0 Å². The topological polar surface area (TPSA) is 66.3 Å². The van der Waals surface area contributed by atoms with E-state index in [2.05, 4.69) is 11.1 Å². The first-order valence-corrected chi connectivity index (χ1v) is 8.60. The Labute approximate surface area is 154 Å². The second kappa shape index (κ2) is 5.45. The molecule has 1 aliphatic rings. The van der Waals surface area contributed by atoms with Gasteiger partial charge >= 0.3 is 0 Å². The number of H-pyrrole nitrogens is 1. The predicted molar refractivity (Wildman–Crippen MR) is 103 cm³/mol. The van der Waals surface area contributed by atoms with E-state index in [9.17, 15) is 9.59 Å². The lowest BCUT2D eigenvalue weighted by atomic mass is 9.93. The highest BCUT2D eigenvalue weighted by atomic mass is 16.3. The highest BCUT2D eigenvalue weighted by Crippen LogP contribution is 2.41. The number of imide groups is 1. The number of aryl methyl sites for hydroxylation is 1. The third-order valence-electron chi connectivity index (χ3n) is 5.10. The smallest absolute Gasteiger partial charge is 0.262 e. The van der Waals surface area contributed by atoms with Crippen molar-refractivity contribution in [3.63, 3.8) is 0 Å². The largest absolute Gasteiger partial charge is 0.464 e. The molecule has 0 unspecified atom stereocenters. The van der Waals surface area contributed by atoms with Crippen LogP contribution in [0.15, 0.2) is 53.1 Å². The summed E-state index contributed by atoms with van der Waals surface area (Å²) in [5.41, 5.74) is 4.46. The summed E-state index contributed by atoms with van der Waals surface area (Å²) in [7, 11) is 1.51. The highest BCUT2D eigenvalue weighted by molar-refractivity contribution is 6.50. The van der Waals surface area contributed by atoms with Crippen LogP contribution >= 0.6 is 0 Å². The average molecular weight is 355 g/mol. The molecule has 1 aliphatic heterocycles. The minimum atomic E-state index is -0.330. The van der Waals surface area contributed by atoms with Crippen molar-refractivity contribution in [2.75, 3.05) is 7.05 Å². The number of para-hydroxylation sites is 1. The third-order valence-corrected chi connectivity index (χ3v) is 5.10. The molecule has 3 heterocycles.